The highest BCUT2D eigenvalue weighted by molar-refractivity contribution is 5.98. The van der Waals surface area contributed by atoms with Crippen LogP contribution in [-0.4, -0.2) is 5.84 Å². The number of alkyl halides is 3. The first kappa shape index (κ1) is 11.2. The van der Waals surface area contributed by atoms with Gasteiger partial charge in [-0.15, -0.1) is 5.11 Å². The minimum absolute atomic E-state index is 0.348. The molecule has 0 unspecified atom stereocenters. The minimum atomic E-state index is -4.52. The van der Waals surface area contributed by atoms with Crippen LogP contribution in [0.2, 0.25) is 0 Å². The number of benzene rings is 1. The smallest absolute Gasteiger partial charge is 0.305 e. The maximum atomic E-state index is 12.4. The SMILES string of the molecule is N=C(N=NN)c1ccccc1C(F)(F)F. The van der Waals surface area contributed by atoms with Gasteiger partial charge in [0, 0.05) is 5.56 Å². The topological polar surface area (TPSA) is 74.6 Å². The number of nitrogens with zero attached hydrogens (tertiary/aromatic N) is 2. The summed E-state index contributed by atoms with van der Waals surface area (Å²) in [5.41, 5.74) is -1.28. The summed E-state index contributed by atoms with van der Waals surface area (Å²) in [4.78, 5) is 0. The molecule has 3 N–H and O–H groups in total. The zero-order valence-corrected chi connectivity index (χ0v) is 7.42. The Kier molecular flexibility index (Phi) is 3.03. The Balaban J connectivity index is 3.24. The molecule has 0 atom stereocenters. The van der Waals surface area contributed by atoms with E-state index in [-0.39, 0.29) is 5.56 Å². The number of halogens is 3. The Hall–Kier alpha value is -1.92. The van der Waals surface area contributed by atoms with Crippen molar-refractivity contribution in [3.63, 3.8) is 0 Å². The van der Waals surface area contributed by atoms with Crippen molar-refractivity contribution in [1.82, 2.24) is 0 Å². The Morgan fingerprint density at radius 3 is 2.40 bits per heavy atom. The van der Waals surface area contributed by atoms with Gasteiger partial charge in [0.2, 0.25) is 0 Å². The van der Waals surface area contributed by atoms with Gasteiger partial charge in [0.05, 0.1) is 5.56 Å². The lowest BCUT2D eigenvalue weighted by Gasteiger charge is -2.10. The van der Waals surface area contributed by atoms with Crippen LogP contribution in [0.15, 0.2) is 34.6 Å². The van der Waals surface area contributed by atoms with Gasteiger partial charge in [0.15, 0.2) is 5.84 Å². The van der Waals surface area contributed by atoms with Crippen molar-refractivity contribution in [2.45, 2.75) is 6.18 Å². The third kappa shape index (κ3) is 2.52. The average molecular weight is 216 g/mol. The molecule has 0 fully saturated rings. The second-order valence-electron chi connectivity index (χ2n) is 2.61. The molecule has 0 radical (unpaired) electrons. The first-order valence-electron chi connectivity index (χ1n) is 3.83. The van der Waals surface area contributed by atoms with Gasteiger partial charge in [-0.05, 0) is 6.07 Å². The van der Waals surface area contributed by atoms with E-state index in [1.807, 2.05) is 0 Å². The summed E-state index contributed by atoms with van der Waals surface area (Å²) in [5.74, 6) is 4.04. The largest absolute Gasteiger partial charge is 0.417 e. The molecule has 0 saturated carbocycles. The number of nitrogens with one attached hydrogen (secondary N) is 1. The molecular formula is C8H7F3N4. The zero-order chi connectivity index (χ0) is 11.5. The molecule has 0 aliphatic heterocycles. The van der Waals surface area contributed by atoms with Gasteiger partial charge in [0.25, 0.3) is 0 Å². The highest BCUT2D eigenvalue weighted by Gasteiger charge is 2.33. The molecule has 80 valence electrons. The third-order valence-electron chi connectivity index (χ3n) is 1.65. The lowest BCUT2D eigenvalue weighted by molar-refractivity contribution is -0.137. The highest BCUT2D eigenvalue weighted by Crippen LogP contribution is 2.32. The van der Waals surface area contributed by atoms with Gasteiger partial charge in [-0.3, -0.25) is 5.41 Å². The second-order valence-corrected chi connectivity index (χ2v) is 2.61. The van der Waals surface area contributed by atoms with Crippen molar-refractivity contribution < 1.29 is 13.2 Å². The number of hydrogen-bond acceptors (Lipinski definition) is 2. The molecule has 0 amide bonds. The highest BCUT2D eigenvalue weighted by atomic mass is 19.4. The number of hydrogen-bond donors (Lipinski definition) is 2. The molecule has 15 heavy (non-hydrogen) atoms. The van der Waals surface area contributed by atoms with E-state index in [1.54, 1.807) is 0 Å². The Morgan fingerprint density at radius 2 is 1.87 bits per heavy atom. The van der Waals surface area contributed by atoms with Crippen LogP contribution >= 0.6 is 0 Å². The maximum absolute atomic E-state index is 12.4. The van der Waals surface area contributed by atoms with E-state index in [0.29, 0.717) is 0 Å². The lowest BCUT2D eigenvalue weighted by atomic mass is 10.1. The van der Waals surface area contributed by atoms with Gasteiger partial charge >= 0.3 is 6.18 Å². The van der Waals surface area contributed by atoms with Crippen LogP contribution in [0.1, 0.15) is 11.1 Å². The summed E-state index contributed by atoms with van der Waals surface area (Å²) in [6, 6.07) is 4.63. The molecule has 0 saturated heterocycles. The van der Waals surface area contributed by atoms with E-state index in [2.05, 4.69) is 16.2 Å². The van der Waals surface area contributed by atoms with Gasteiger partial charge < -0.3 is 5.84 Å². The molecule has 1 aromatic rings. The fraction of sp³-hybridized carbons (Fsp3) is 0.125. The monoisotopic (exact) mass is 216 g/mol. The number of nitrogens with two attached hydrogens (primary N) is 1. The molecule has 0 bridgehead atoms. The van der Waals surface area contributed by atoms with Crippen LogP contribution in [0.25, 0.3) is 0 Å². The van der Waals surface area contributed by atoms with Crippen LogP contribution in [0, 0.1) is 5.41 Å². The van der Waals surface area contributed by atoms with E-state index < -0.39 is 17.6 Å². The molecule has 7 heteroatoms. The second kappa shape index (κ2) is 4.07. The van der Waals surface area contributed by atoms with E-state index in [1.165, 1.54) is 12.1 Å². The van der Waals surface area contributed by atoms with Crippen LogP contribution in [0.5, 0.6) is 0 Å². The van der Waals surface area contributed by atoms with E-state index in [9.17, 15) is 13.2 Å². The Labute approximate surface area is 83.1 Å². The number of rotatable bonds is 1. The molecule has 1 rings (SSSR count). The van der Waals surface area contributed by atoms with Gasteiger partial charge in [-0.1, -0.05) is 23.4 Å². The summed E-state index contributed by atoms with van der Waals surface area (Å²) in [7, 11) is 0. The average Bonchev–Trinajstić information content (AvgIpc) is 2.17. The Morgan fingerprint density at radius 1 is 1.27 bits per heavy atom. The predicted molar refractivity (Wildman–Crippen MR) is 47.3 cm³/mol. The van der Waals surface area contributed by atoms with Gasteiger partial charge in [-0.25, -0.2) is 0 Å². The van der Waals surface area contributed by atoms with Crippen LogP contribution in [-0.2, 0) is 6.18 Å². The first-order valence-corrected chi connectivity index (χ1v) is 3.83. The molecule has 0 spiro atoms. The molecule has 1 aromatic carbocycles. The summed E-state index contributed by atoms with van der Waals surface area (Å²) in [5, 5.41) is 13.0. The first-order chi connectivity index (χ1) is 6.96. The lowest BCUT2D eigenvalue weighted by Crippen LogP contribution is -2.11. The molecule has 0 heterocycles. The normalized spacial score (nSPS) is 11.9. The van der Waals surface area contributed by atoms with Crippen LogP contribution in [0.4, 0.5) is 13.2 Å². The quantitative estimate of drug-likeness (QED) is 0.244. The van der Waals surface area contributed by atoms with Crippen molar-refractivity contribution in [2.75, 3.05) is 0 Å². The molecule has 0 aromatic heterocycles. The fourth-order valence-electron chi connectivity index (χ4n) is 1.05. The summed E-state index contributed by atoms with van der Waals surface area (Å²) in [6.07, 6.45) is -4.52. The van der Waals surface area contributed by atoms with Gasteiger partial charge in [0.1, 0.15) is 0 Å². The standard InChI is InChI=1S/C8H7F3N4/c9-8(10,11)6-4-2-1-3-5(6)7(12)14-15-13/h1-4H,(H3,12,13,14). The van der Waals surface area contributed by atoms with E-state index in [4.69, 9.17) is 5.41 Å². The third-order valence-corrected chi connectivity index (χ3v) is 1.65. The maximum Gasteiger partial charge on any atom is 0.417 e. The fourth-order valence-corrected chi connectivity index (χ4v) is 1.05. The predicted octanol–water partition coefficient (Wildman–Crippen LogP) is 2.36. The molecular weight excluding hydrogens is 209 g/mol. The summed E-state index contributed by atoms with van der Waals surface area (Å²) >= 11 is 0. The van der Waals surface area contributed by atoms with Crippen molar-refractivity contribution in [3.05, 3.63) is 35.4 Å². The summed E-state index contributed by atoms with van der Waals surface area (Å²) in [6.45, 7) is 0. The van der Waals surface area contributed by atoms with E-state index >= 15 is 0 Å². The number of amidine groups is 1. The van der Waals surface area contributed by atoms with Gasteiger partial charge in [-0.2, -0.15) is 13.2 Å². The van der Waals surface area contributed by atoms with Crippen LogP contribution < -0.4 is 5.84 Å². The van der Waals surface area contributed by atoms with Crippen molar-refractivity contribution in [2.24, 2.45) is 16.2 Å². The van der Waals surface area contributed by atoms with Crippen molar-refractivity contribution in [3.8, 4) is 0 Å². The minimum Gasteiger partial charge on any atom is -0.305 e. The summed E-state index contributed by atoms with van der Waals surface area (Å²) < 4.78 is 37.3. The molecule has 0 aliphatic carbocycles. The van der Waals surface area contributed by atoms with Crippen molar-refractivity contribution >= 4 is 5.84 Å². The molecule has 4 nitrogen and oxygen atoms in total. The van der Waals surface area contributed by atoms with Crippen molar-refractivity contribution in [1.29, 1.82) is 5.41 Å². The Bertz CT molecular complexity index is 397. The molecule has 0 aliphatic rings. The zero-order valence-electron chi connectivity index (χ0n) is 7.42. The van der Waals surface area contributed by atoms with Crippen LogP contribution in [0.3, 0.4) is 0 Å². The van der Waals surface area contributed by atoms with E-state index in [0.717, 1.165) is 12.1 Å².